The molecule has 2 aliphatic rings. The summed E-state index contributed by atoms with van der Waals surface area (Å²) >= 11 is 0. The van der Waals surface area contributed by atoms with Crippen molar-refractivity contribution in [2.75, 3.05) is 24.6 Å². The van der Waals surface area contributed by atoms with Crippen LogP contribution >= 0.6 is 0 Å². The van der Waals surface area contributed by atoms with Crippen LogP contribution in [0.15, 0.2) is 42.5 Å². The second-order valence-corrected chi connectivity index (χ2v) is 9.82. The highest BCUT2D eigenvalue weighted by Crippen LogP contribution is 2.36. The molecule has 1 unspecified atom stereocenters. The van der Waals surface area contributed by atoms with Gasteiger partial charge in [0.25, 0.3) is 0 Å². The van der Waals surface area contributed by atoms with Crippen molar-refractivity contribution >= 4 is 29.9 Å². The second kappa shape index (κ2) is 13.1. The number of rotatable bonds is 10. The molecule has 1 fully saturated rings. The minimum Gasteiger partial charge on any atom is -0.465 e. The van der Waals surface area contributed by atoms with Gasteiger partial charge in [-0.3, -0.25) is 9.69 Å². The van der Waals surface area contributed by atoms with Gasteiger partial charge in [-0.05, 0) is 62.1 Å². The van der Waals surface area contributed by atoms with E-state index in [4.69, 9.17) is 9.47 Å². The Balaban J connectivity index is 1.24. The summed E-state index contributed by atoms with van der Waals surface area (Å²) in [6, 6.07) is 11.9. The van der Waals surface area contributed by atoms with Crippen LogP contribution in [0.3, 0.4) is 0 Å². The number of nitrogens with one attached hydrogen (secondary N) is 2. The van der Waals surface area contributed by atoms with E-state index in [1.54, 1.807) is 6.92 Å². The van der Waals surface area contributed by atoms with Crippen molar-refractivity contribution < 1.29 is 33.8 Å². The minimum atomic E-state index is -1.08. The van der Waals surface area contributed by atoms with E-state index in [-0.39, 0.29) is 37.5 Å². The van der Waals surface area contributed by atoms with Crippen LogP contribution in [0.25, 0.3) is 0 Å². The summed E-state index contributed by atoms with van der Waals surface area (Å²) < 4.78 is 10.2. The first-order valence-corrected chi connectivity index (χ1v) is 13.2. The molecule has 1 aliphatic heterocycles. The average Bonchev–Trinajstić information content (AvgIpc) is 2.91. The molecule has 3 amide bonds. The number of aromatic nitrogens is 1. The molecule has 1 aromatic heterocycles. The van der Waals surface area contributed by atoms with Crippen LogP contribution in [-0.4, -0.2) is 59.9 Å². The Hall–Kier alpha value is -4.15. The van der Waals surface area contributed by atoms with Gasteiger partial charge in [-0.1, -0.05) is 36.4 Å². The summed E-state index contributed by atoms with van der Waals surface area (Å²) in [6.45, 7) is 2.17. The monoisotopic (exact) mass is 538 g/mol. The molecule has 2 aromatic rings. The molecule has 2 heterocycles. The van der Waals surface area contributed by atoms with Crippen LogP contribution in [0.1, 0.15) is 43.0 Å². The summed E-state index contributed by atoms with van der Waals surface area (Å²) in [7, 11) is 0. The van der Waals surface area contributed by atoms with Gasteiger partial charge in [-0.2, -0.15) is 0 Å². The smallest absolute Gasteiger partial charge is 0.413 e. The first-order chi connectivity index (χ1) is 18.8. The molecule has 3 N–H and O–H groups in total. The first-order valence-electron chi connectivity index (χ1n) is 13.2. The van der Waals surface area contributed by atoms with Gasteiger partial charge >= 0.3 is 18.2 Å². The summed E-state index contributed by atoms with van der Waals surface area (Å²) in [5, 5.41) is 14.7. The Labute approximate surface area is 226 Å². The molecule has 208 valence electrons. The predicted molar refractivity (Wildman–Crippen MR) is 141 cm³/mol. The van der Waals surface area contributed by atoms with Gasteiger partial charge in [0.15, 0.2) is 0 Å². The molecule has 1 saturated carbocycles. The second-order valence-electron chi connectivity index (χ2n) is 9.82. The Morgan fingerprint density at radius 3 is 2.59 bits per heavy atom. The topological polar surface area (TPSA) is 147 Å². The number of benzene rings is 1. The normalized spacial score (nSPS) is 18.6. The van der Waals surface area contributed by atoms with Crippen LogP contribution in [0.5, 0.6) is 0 Å². The highest BCUT2D eigenvalue weighted by Gasteiger charge is 2.36. The molecule has 4 rings (SSSR count). The lowest BCUT2D eigenvalue weighted by molar-refractivity contribution is -0.145. The number of fused-ring (bicyclic) bond motifs is 1. The number of pyridine rings is 1. The van der Waals surface area contributed by atoms with Gasteiger partial charge in [0.05, 0.1) is 6.61 Å². The summed E-state index contributed by atoms with van der Waals surface area (Å²) in [4.78, 5) is 54.8. The number of carboxylic acid groups (broad SMARTS) is 1. The van der Waals surface area contributed by atoms with Gasteiger partial charge in [-0.25, -0.2) is 19.4 Å². The van der Waals surface area contributed by atoms with Crippen molar-refractivity contribution in [3.63, 3.8) is 0 Å². The quantitative estimate of drug-likeness (QED) is 0.391. The van der Waals surface area contributed by atoms with Crippen LogP contribution in [0.2, 0.25) is 0 Å². The maximum atomic E-state index is 12.7. The van der Waals surface area contributed by atoms with Gasteiger partial charge in [0, 0.05) is 24.7 Å². The molecule has 1 aromatic carbocycles. The molecule has 0 spiro atoms. The highest BCUT2D eigenvalue weighted by molar-refractivity contribution is 5.86. The lowest BCUT2D eigenvalue weighted by Crippen LogP contribution is -2.51. The zero-order chi connectivity index (χ0) is 27.8. The lowest BCUT2D eigenvalue weighted by atomic mass is 9.72. The number of hydrogen-bond donors (Lipinski definition) is 3. The average molecular weight is 539 g/mol. The Morgan fingerprint density at radius 2 is 1.87 bits per heavy atom. The molecular weight excluding hydrogens is 504 g/mol. The van der Waals surface area contributed by atoms with Crippen LogP contribution < -0.4 is 15.5 Å². The van der Waals surface area contributed by atoms with E-state index in [0.29, 0.717) is 31.6 Å². The standard InChI is InChI=1S/C28H34N4O7/c1-2-38-26(34)23(31-27(35)39-17-18-7-4-3-5-8-18)16-29-25(33)21-13-19(14-21)15-22-11-10-20-9-6-12-32(28(36)37)24(20)30-22/h3-5,7-8,10-11,19,21,23H,2,6,9,12-17H2,1H3,(H,29,33)(H,31,35)(H,36,37)/t19-,21-,23?. The number of carbonyl (C=O) groups excluding carboxylic acids is 3. The van der Waals surface area contributed by atoms with Crippen molar-refractivity contribution in [2.45, 2.75) is 51.7 Å². The van der Waals surface area contributed by atoms with E-state index in [0.717, 1.165) is 29.7 Å². The number of hydrogen-bond acceptors (Lipinski definition) is 7. The van der Waals surface area contributed by atoms with Crippen molar-refractivity contribution in [2.24, 2.45) is 11.8 Å². The van der Waals surface area contributed by atoms with Crippen molar-refractivity contribution in [1.29, 1.82) is 0 Å². The van der Waals surface area contributed by atoms with Gasteiger partial charge in [-0.15, -0.1) is 0 Å². The van der Waals surface area contributed by atoms with E-state index >= 15 is 0 Å². The largest absolute Gasteiger partial charge is 0.465 e. The Morgan fingerprint density at radius 1 is 1.10 bits per heavy atom. The third kappa shape index (κ3) is 7.46. The van der Waals surface area contributed by atoms with Crippen LogP contribution in [0, 0.1) is 11.8 Å². The number of anilines is 1. The van der Waals surface area contributed by atoms with E-state index < -0.39 is 24.2 Å². The van der Waals surface area contributed by atoms with Crippen molar-refractivity contribution in [3.05, 3.63) is 59.3 Å². The van der Waals surface area contributed by atoms with Crippen molar-refractivity contribution in [3.8, 4) is 0 Å². The molecule has 39 heavy (non-hydrogen) atoms. The third-order valence-electron chi connectivity index (χ3n) is 6.99. The van der Waals surface area contributed by atoms with E-state index in [1.165, 1.54) is 4.90 Å². The molecule has 0 radical (unpaired) electrons. The van der Waals surface area contributed by atoms with Crippen LogP contribution in [0.4, 0.5) is 15.4 Å². The number of carbonyl (C=O) groups is 4. The maximum Gasteiger partial charge on any atom is 0.413 e. The van der Waals surface area contributed by atoms with E-state index in [1.807, 2.05) is 42.5 Å². The zero-order valence-corrected chi connectivity index (χ0v) is 21.9. The Kier molecular flexibility index (Phi) is 9.35. The third-order valence-corrected chi connectivity index (χ3v) is 6.99. The molecular formula is C28H34N4O7. The number of nitrogens with zero attached hydrogens (tertiary/aromatic N) is 2. The number of amides is 3. The summed E-state index contributed by atoms with van der Waals surface area (Å²) in [5.41, 5.74) is 2.55. The molecule has 1 atom stereocenters. The number of aryl methyl sites for hydroxylation is 1. The fourth-order valence-corrected chi connectivity index (χ4v) is 4.88. The summed E-state index contributed by atoms with van der Waals surface area (Å²) in [6.07, 6.45) is 1.78. The predicted octanol–water partition coefficient (Wildman–Crippen LogP) is 3.06. The van der Waals surface area contributed by atoms with Gasteiger partial charge < -0.3 is 25.2 Å². The Bertz CT molecular complexity index is 1180. The van der Waals surface area contributed by atoms with Crippen molar-refractivity contribution in [1.82, 2.24) is 15.6 Å². The lowest BCUT2D eigenvalue weighted by Gasteiger charge is -2.34. The molecule has 0 saturated heterocycles. The number of ether oxygens (including phenoxy) is 2. The van der Waals surface area contributed by atoms with Gasteiger partial charge in [0.2, 0.25) is 5.91 Å². The number of alkyl carbamates (subject to hydrolysis) is 1. The summed E-state index contributed by atoms with van der Waals surface area (Å²) in [5.74, 6) is -0.305. The fraction of sp³-hybridized carbons (Fsp3) is 0.464. The minimum absolute atomic E-state index is 0.0471. The highest BCUT2D eigenvalue weighted by atomic mass is 16.6. The number of esters is 1. The van der Waals surface area contributed by atoms with E-state index in [2.05, 4.69) is 15.6 Å². The van der Waals surface area contributed by atoms with Crippen LogP contribution in [-0.2, 0) is 38.5 Å². The molecule has 1 aliphatic carbocycles. The molecule has 11 heteroatoms. The molecule has 0 bridgehead atoms. The fourth-order valence-electron chi connectivity index (χ4n) is 4.88. The van der Waals surface area contributed by atoms with Gasteiger partial charge in [0.1, 0.15) is 18.5 Å². The maximum absolute atomic E-state index is 12.7. The molecule has 11 nitrogen and oxygen atoms in total. The first kappa shape index (κ1) is 27.9. The SMILES string of the molecule is CCOC(=O)C(CNC(=O)[C@H]1C[C@H](Cc2ccc3c(n2)N(C(=O)O)CCC3)C1)NC(=O)OCc1ccccc1. The zero-order valence-electron chi connectivity index (χ0n) is 21.9. The van der Waals surface area contributed by atoms with E-state index in [9.17, 15) is 24.3 Å².